The van der Waals surface area contributed by atoms with Crippen LogP contribution in [0, 0.1) is 5.41 Å². The summed E-state index contributed by atoms with van der Waals surface area (Å²) in [6, 6.07) is 11.5. The van der Waals surface area contributed by atoms with Gasteiger partial charge in [-0.25, -0.2) is 14.3 Å². The van der Waals surface area contributed by atoms with Gasteiger partial charge in [-0.1, -0.05) is 0 Å². The quantitative estimate of drug-likeness (QED) is 0.464. The summed E-state index contributed by atoms with van der Waals surface area (Å²) < 4.78 is 7.20. The number of imidazole rings is 1. The zero-order valence-electron chi connectivity index (χ0n) is 17.0. The summed E-state index contributed by atoms with van der Waals surface area (Å²) >= 11 is 0. The molecule has 8 nitrogen and oxygen atoms in total. The number of carboxylic acids is 1. The van der Waals surface area contributed by atoms with Crippen LogP contribution in [-0.2, 0) is 0 Å². The van der Waals surface area contributed by atoms with E-state index in [2.05, 4.69) is 15.6 Å². The van der Waals surface area contributed by atoms with Crippen molar-refractivity contribution in [2.45, 2.75) is 31.7 Å². The lowest BCUT2D eigenvalue weighted by Gasteiger charge is -2.50. The fourth-order valence-corrected chi connectivity index (χ4v) is 5.12. The summed E-state index contributed by atoms with van der Waals surface area (Å²) in [4.78, 5) is 15.7. The SMILES string of the molecule is O=C(O)c1cc2cc(-c3cnc4ccc(NC5CC6(CCNCC6)C5)nn34)ccc2o1. The molecule has 4 heterocycles. The first-order valence-electron chi connectivity index (χ1n) is 10.7. The van der Waals surface area contributed by atoms with E-state index in [1.807, 2.05) is 28.8 Å². The van der Waals surface area contributed by atoms with Gasteiger partial charge in [0.25, 0.3) is 0 Å². The first-order chi connectivity index (χ1) is 15.1. The number of rotatable bonds is 4. The molecule has 158 valence electrons. The van der Waals surface area contributed by atoms with Crippen molar-refractivity contribution in [3.63, 3.8) is 0 Å². The van der Waals surface area contributed by atoms with Gasteiger partial charge in [-0.2, -0.15) is 0 Å². The molecule has 6 rings (SSSR count). The Balaban J connectivity index is 1.27. The van der Waals surface area contributed by atoms with Crippen LogP contribution in [0.2, 0.25) is 0 Å². The van der Waals surface area contributed by atoms with Crippen molar-refractivity contribution in [2.24, 2.45) is 5.41 Å². The number of aromatic nitrogens is 3. The summed E-state index contributed by atoms with van der Waals surface area (Å²) in [5, 5.41) is 21.7. The fraction of sp³-hybridized carbons (Fsp3) is 0.348. The lowest BCUT2D eigenvalue weighted by Crippen LogP contribution is -2.50. The van der Waals surface area contributed by atoms with E-state index in [1.54, 1.807) is 12.3 Å². The van der Waals surface area contributed by atoms with Crippen LogP contribution < -0.4 is 10.6 Å². The Bertz CT molecular complexity index is 1290. The highest BCUT2D eigenvalue weighted by Crippen LogP contribution is 2.48. The molecule has 0 bridgehead atoms. The number of nitrogens with one attached hydrogen (secondary N) is 2. The average molecular weight is 417 g/mol. The predicted octanol–water partition coefficient (Wildman–Crippen LogP) is 3.78. The molecule has 0 amide bonds. The second-order valence-electron chi connectivity index (χ2n) is 8.80. The lowest BCUT2D eigenvalue weighted by molar-refractivity contribution is 0.0664. The van der Waals surface area contributed by atoms with Gasteiger partial charge < -0.3 is 20.2 Å². The number of hydrogen-bond donors (Lipinski definition) is 3. The molecule has 1 saturated carbocycles. The molecule has 1 spiro atoms. The summed E-state index contributed by atoms with van der Waals surface area (Å²) in [6.45, 7) is 2.26. The van der Waals surface area contributed by atoms with Crippen LogP contribution in [0.25, 0.3) is 27.9 Å². The molecule has 3 N–H and O–H groups in total. The van der Waals surface area contributed by atoms with Crippen LogP contribution in [0.1, 0.15) is 36.2 Å². The number of carbonyl (C=O) groups is 1. The molecular formula is C23H23N5O3. The van der Waals surface area contributed by atoms with Crippen LogP contribution in [-0.4, -0.2) is 44.8 Å². The summed E-state index contributed by atoms with van der Waals surface area (Å²) in [5.41, 5.74) is 3.58. The Morgan fingerprint density at radius 1 is 1.19 bits per heavy atom. The third kappa shape index (κ3) is 3.14. The molecule has 31 heavy (non-hydrogen) atoms. The molecular weight excluding hydrogens is 394 g/mol. The summed E-state index contributed by atoms with van der Waals surface area (Å²) in [5.74, 6) is -0.299. The maximum Gasteiger partial charge on any atom is 0.371 e. The van der Waals surface area contributed by atoms with E-state index in [0.717, 1.165) is 41.2 Å². The Hall–Kier alpha value is -3.39. The van der Waals surface area contributed by atoms with Crippen molar-refractivity contribution in [1.29, 1.82) is 0 Å². The summed E-state index contributed by atoms with van der Waals surface area (Å²) in [7, 11) is 0. The largest absolute Gasteiger partial charge is 0.475 e. The van der Waals surface area contributed by atoms with Gasteiger partial charge in [-0.3, -0.25) is 0 Å². The average Bonchev–Trinajstić information content (AvgIpc) is 3.37. The number of anilines is 1. The summed E-state index contributed by atoms with van der Waals surface area (Å²) in [6.07, 6.45) is 6.73. The highest BCUT2D eigenvalue weighted by molar-refractivity contribution is 5.92. The van der Waals surface area contributed by atoms with Crippen LogP contribution in [0.5, 0.6) is 0 Å². The number of aromatic carboxylic acids is 1. The highest BCUT2D eigenvalue weighted by atomic mass is 16.4. The lowest BCUT2D eigenvalue weighted by atomic mass is 9.60. The van der Waals surface area contributed by atoms with E-state index in [-0.39, 0.29) is 5.76 Å². The smallest absolute Gasteiger partial charge is 0.371 e. The third-order valence-electron chi connectivity index (χ3n) is 6.76. The van der Waals surface area contributed by atoms with Gasteiger partial charge in [0.15, 0.2) is 5.65 Å². The first kappa shape index (κ1) is 18.4. The van der Waals surface area contributed by atoms with E-state index in [0.29, 0.717) is 17.0 Å². The Morgan fingerprint density at radius 3 is 2.84 bits per heavy atom. The molecule has 4 aromatic rings. The zero-order chi connectivity index (χ0) is 21.0. The van der Waals surface area contributed by atoms with Crippen molar-refractivity contribution >= 4 is 28.4 Å². The standard InChI is InChI=1S/C23H23N5O3/c29-22(30)19-10-15-9-14(1-2-18(15)31-19)17-13-25-21-4-3-20(27-28(17)21)26-16-11-23(12-16)5-7-24-8-6-23/h1-4,9-10,13,16,24H,5-8,11-12H2,(H,26,27)(H,29,30). The minimum Gasteiger partial charge on any atom is -0.475 e. The number of benzene rings is 1. The van der Waals surface area contributed by atoms with Gasteiger partial charge in [0.2, 0.25) is 5.76 Å². The van der Waals surface area contributed by atoms with Crippen LogP contribution >= 0.6 is 0 Å². The van der Waals surface area contributed by atoms with Crippen molar-refractivity contribution in [3.8, 4) is 11.3 Å². The fourth-order valence-electron chi connectivity index (χ4n) is 5.12. The monoisotopic (exact) mass is 417 g/mol. The minimum absolute atomic E-state index is 0.0677. The predicted molar refractivity (Wildman–Crippen MR) is 116 cm³/mol. The highest BCUT2D eigenvalue weighted by Gasteiger charge is 2.44. The normalized spacial score (nSPS) is 18.5. The molecule has 3 aromatic heterocycles. The number of hydrogen-bond acceptors (Lipinski definition) is 6. The van der Waals surface area contributed by atoms with Crippen LogP contribution in [0.4, 0.5) is 5.82 Å². The Kier molecular flexibility index (Phi) is 4.04. The molecule has 1 aliphatic heterocycles. The van der Waals surface area contributed by atoms with Gasteiger partial charge in [0, 0.05) is 17.0 Å². The Labute approximate surface area is 178 Å². The second-order valence-corrected chi connectivity index (χ2v) is 8.80. The van der Waals surface area contributed by atoms with Gasteiger partial charge >= 0.3 is 5.97 Å². The topological polar surface area (TPSA) is 105 Å². The van der Waals surface area contributed by atoms with E-state index in [1.165, 1.54) is 31.7 Å². The van der Waals surface area contributed by atoms with Gasteiger partial charge in [-0.15, -0.1) is 5.10 Å². The van der Waals surface area contributed by atoms with Gasteiger partial charge in [0.1, 0.15) is 11.4 Å². The van der Waals surface area contributed by atoms with Gasteiger partial charge in [-0.05, 0) is 80.6 Å². The van der Waals surface area contributed by atoms with Crippen molar-refractivity contribution < 1.29 is 14.3 Å². The van der Waals surface area contributed by atoms with E-state index in [9.17, 15) is 4.79 Å². The molecule has 8 heteroatoms. The van der Waals surface area contributed by atoms with Crippen molar-refractivity contribution in [1.82, 2.24) is 19.9 Å². The molecule has 2 fully saturated rings. The maximum absolute atomic E-state index is 11.2. The molecule has 1 aliphatic carbocycles. The maximum atomic E-state index is 11.2. The van der Waals surface area contributed by atoms with Crippen LogP contribution in [0.3, 0.4) is 0 Å². The van der Waals surface area contributed by atoms with Crippen molar-refractivity contribution in [3.05, 3.63) is 48.4 Å². The number of fused-ring (bicyclic) bond motifs is 2. The molecule has 1 aromatic carbocycles. The molecule has 2 aliphatic rings. The van der Waals surface area contributed by atoms with E-state index >= 15 is 0 Å². The molecule has 0 atom stereocenters. The molecule has 0 unspecified atom stereocenters. The molecule has 0 radical (unpaired) electrons. The van der Waals surface area contributed by atoms with E-state index in [4.69, 9.17) is 14.6 Å². The van der Waals surface area contributed by atoms with Crippen molar-refractivity contribution in [2.75, 3.05) is 18.4 Å². The minimum atomic E-state index is -1.08. The number of piperidine rings is 1. The third-order valence-corrected chi connectivity index (χ3v) is 6.76. The molecule has 1 saturated heterocycles. The number of furan rings is 1. The van der Waals surface area contributed by atoms with Gasteiger partial charge in [0.05, 0.1) is 11.9 Å². The Morgan fingerprint density at radius 2 is 2.03 bits per heavy atom. The first-order valence-corrected chi connectivity index (χ1v) is 10.7. The zero-order valence-corrected chi connectivity index (χ0v) is 17.0. The van der Waals surface area contributed by atoms with Crippen LogP contribution in [0.15, 0.2) is 47.0 Å². The second kappa shape index (κ2) is 6.81. The number of carboxylic acid groups (broad SMARTS) is 1. The van der Waals surface area contributed by atoms with E-state index < -0.39 is 5.97 Å². The number of nitrogens with zero attached hydrogens (tertiary/aromatic N) is 3.